The molecule has 0 radical (unpaired) electrons. The lowest BCUT2D eigenvalue weighted by atomic mass is 9.93. The van der Waals surface area contributed by atoms with Crippen molar-refractivity contribution in [2.24, 2.45) is 17.6 Å². The molecule has 2 N–H and O–H groups in total. The predicted molar refractivity (Wildman–Crippen MR) is 60.3 cm³/mol. The molecule has 1 aliphatic rings. The summed E-state index contributed by atoms with van der Waals surface area (Å²) in [7, 11) is 0. The van der Waals surface area contributed by atoms with Gasteiger partial charge in [0.05, 0.1) is 0 Å². The fourth-order valence-electron chi connectivity index (χ4n) is 1.89. The number of carbonyl (C=O) groups excluding carboxylic acids is 1. The van der Waals surface area contributed by atoms with Crippen molar-refractivity contribution in [3.8, 4) is 0 Å². The van der Waals surface area contributed by atoms with Crippen molar-refractivity contribution in [3.63, 3.8) is 0 Å². The monoisotopic (exact) mass is 213 g/mol. The van der Waals surface area contributed by atoms with Gasteiger partial charge in [0.25, 0.3) is 0 Å². The largest absolute Gasteiger partial charge is 0.462 e. The molecule has 1 atom stereocenters. The van der Waals surface area contributed by atoms with E-state index in [0.29, 0.717) is 18.9 Å². The van der Waals surface area contributed by atoms with Gasteiger partial charge in [-0.05, 0) is 44.1 Å². The third-order valence-electron chi connectivity index (χ3n) is 2.94. The Labute approximate surface area is 92.4 Å². The first-order valence-corrected chi connectivity index (χ1v) is 6.01. The second-order valence-electron chi connectivity index (χ2n) is 4.98. The quantitative estimate of drug-likeness (QED) is 0.687. The minimum atomic E-state index is -0.0594. The molecule has 15 heavy (non-hydrogen) atoms. The third kappa shape index (κ3) is 4.65. The maximum absolute atomic E-state index is 11.5. The van der Waals surface area contributed by atoms with Crippen LogP contribution in [-0.4, -0.2) is 18.6 Å². The van der Waals surface area contributed by atoms with Crippen LogP contribution < -0.4 is 5.73 Å². The highest BCUT2D eigenvalue weighted by molar-refractivity contribution is 5.70. The first-order chi connectivity index (χ1) is 7.11. The topological polar surface area (TPSA) is 52.3 Å². The average Bonchev–Trinajstić information content (AvgIpc) is 2.09. The zero-order valence-electron chi connectivity index (χ0n) is 9.87. The van der Waals surface area contributed by atoms with E-state index in [9.17, 15) is 4.79 Å². The fourth-order valence-corrected chi connectivity index (χ4v) is 1.89. The Morgan fingerprint density at radius 1 is 1.47 bits per heavy atom. The summed E-state index contributed by atoms with van der Waals surface area (Å²) in [6.45, 7) is 4.89. The second kappa shape index (κ2) is 6.11. The number of esters is 1. The Morgan fingerprint density at radius 2 is 2.13 bits per heavy atom. The first kappa shape index (κ1) is 12.5. The minimum Gasteiger partial charge on any atom is -0.462 e. The molecule has 1 saturated carbocycles. The van der Waals surface area contributed by atoms with Gasteiger partial charge in [-0.3, -0.25) is 4.79 Å². The minimum absolute atomic E-state index is 0.0594. The van der Waals surface area contributed by atoms with Crippen molar-refractivity contribution in [2.45, 2.75) is 52.1 Å². The molecule has 1 fully saturated rings. The summed E-state index contributed by atoms with van der Waals surface area (Å²) in [5.41, 5.74) is 5.64. The van der Waals surface area contributed by atoms with Gasteiger partial charge in [-0.1, -0.05) is 13.8 Å². The van der Waals surface area contributed by atoms with Gasteiger partial charge in [0.1, 0.15) is 6.10 Å². The van der Waals surface area contributed by atoms with Crippen molar-refractivity contribution in [1.29, 1.82) is 0 Å². The van der Waals surface area contributed by atoms with Crippen LogP contribution >= 0.6 is 0 Å². The second-order valence-corrected chi connectivity index (χ2v) is 4.98. The van der Waals surface area contributed by atoms with Gasteiger partial charge in [0, 0.05) is 6.42 Å². The lowest BCUT2D eigenvalue weighted by Gasteiger charge is -2.26. The van der Waals surface area contributed by atoms with Gasteiger partial charge in [-0.25, -0.2) is 0 Å². The number of carbonyl (C=O) groups is 1. The molecule has 88 valence electrons. The highest BCUT2D eigenvalue weighted by Crippen LogP contribution is 2.23. The molecule has 3 heteroatoms. The molecule has 0 bridgehead atoms. The van der Waals surface area contributed by atoms with Crippen LogP contribution in [0.1, 0.15) is 46.0 Å². The third-order valence-corrected chi connectivity index (χ3v) is 2.94. The molecule has 0 amide bonds. The number of nitrogens with two attached hydrogens (primary N) is 1. The van der Waals surface area contributed by atoms with Crippen molar-refractivity contribution in [3.05, 3.63) is 0 Å². The number of rotatable bonds is 6. The highest BCUT2D eigenvalue weighted by Gasteiger charge is 2.23. The predicted octanol–water partition coefficient (Wildman–Crippen LogP) is 2.09. The van der Waals surface area contributed by atoms with E-state index in [4.69, 9.17) is 10.5 Å². The maximum atomic E-state index is 11.5. The van der Waals surface area contributed by atoms with E-state index < -0.39 is 0 Å². The van der Waals surface area contributed by atoms with E-state index in [1.807, 2.05) is 0 Å². The summed E-state index contributed by atoms with van der Waals surface area (Å²) in [5, 5.41) is 0. The van der Waals surface area contributed by atoms with E-state index in [2.05, 4.69) is 13.8 Å². The molecular formula is C12H23NO2. The number of hydrogen-bond acceptors (Lipinski definition) is 3. The normalized spacial score (nSPS) is 18.7. The van der Waals surface area contributed by atoms with E-state index in [1.165, 1.54) is 6.42 Å². The Morgan fingerprint density at radius 3 is 2.53 bits per heavy atom. The number of ether oxygens (including phenoxy) is 1. The van der Waals surface area contributed by atoms with Gasteiger partial charge < -0.3 is 10.5 Å². The van der Waals surface area contributed by atoms with Crippen LogP contribution in [0.3, 0.4) is 0 Å². The molecule has 0 spiro atoms. The van der Waals surface area contributed by atoms with Gasteiger partial charge in [0.15, 0.2) is 0 Å². The zero-order valence-corrected chi connectivity index (χ0v) is 9.87. The molecule has 3 nitrogen and oxygen atoms in total. The van der Waals surface area contributed by atoms with Crippen LogP contribution in [0.4, 0.5) is 0 Å². The summed E-state index contributed by atoms with van der Waals surface area (Å²) < 4.78 is 5.31. The lowest BCUT2D eigenvalue weighted by molar-refractivity contribution is -0.154. The molecule has 1 aliphatic carbocycles. The Hall–Kier alpha value is -0.570. The lowest BCUT2D eigenvalue weighted by Crippen LogP contribution is -2.28. The summed E-state index contributed by atoms with van der Waals surface area (Å²) in [4.78, 5) is 11.5. The smallest absolute Gasteiger partial charge is 0.306 e. The standard InChI is InChI=1S/C12H23NO2/c1-9(2)6-10(8-13)7-12(14)15-11-4-3-5-11/h9-11H,3-8,13H2,1-2H3. The molecule has 1 unspecified atom stereocenters. The average molecular weight is 213 g/mol. The van der Waals surface area contributed by atoms with E-state index in [-0.39, 0.29) is 18.0 Å². The van der Waals surface area contributed by atoms with Gasteiger partial charge in [0.2, 0.25) is 0 Å². The Bertz CT molecular complexity index is 200. The zero-order chi connectivity index (χ0) is 11.3. The van der Waals surface area contributed by atoms with Crippen LogP contribution in [0.5, 0.6) is 0 Å². The van der Waals surface area contributed by atoms with Gasteiger partial charge >= 0.3 is 5.97 Å². The molecule has 0 saturated heterocycles. The molecule has 0 aromatic carbocycles. The van der Waals surface area contributed by atoms with Crippen LogP contribution in [0.25, 0.3) is 0 Å². The van der Waals surface area contributed by atoms with Crippen LogP contribution in [0, 0.1) is 11.8 Å². The van der Waals surface area contributed by atoms with Crippen LogP contribution in [0.2, 0.25) is 0 Å². The van der Waals surface area contributed by atoms with E-state index in [0.717, 1.165) is 19.3 Å². The Kier molecular flexibility index (Phi) is 5.09. The van der Waals surface area contributed by atoms with Crippen LogP contribution in [0.15, 0.2) is 0 Å². The van der Waals surface area contributed by atoms with Crippen LogP contribution in [-0.2, 0) is 9.53 Å². The van der Waals surface area contributed by atoms with E-state index >= 15 is 0 Å². The van der Waals surface area contributed by atoms with E-state index in [1.54, 1.807) is 0 Å². The summed E-state index contributed by atoms with van der Waals surface area (Å²) in [6.07, 6.45) is 4.99. The number of hydrogen-bond donors (Lipinski definition) is 1. The van der Waals surface area contributed by atoms with Crippen molar-refractivity contribution in [1.82, 2.24) is 0 Å². The fraction of sp³-hybridized carbons (Fsp3) is 0.917. The SMILES string of the molecule is CC(C)CC(CN)CC(=O)OC1CCC1. The molecule has 0 aromatic rings. The van der Waals surface area contributed by atoms with Crippen molar-refractivity contribution >= 4 is 5.97 Å². The summed E-state index contributed by atoms with van der Waals surface area (Å²) >= 11 is 0. The highest BCUT2D eigenvalue weighted by atomic mass is 16.5. The first-order valence-electron chi connectivity index (χ1n) is 6.01. The molecule has 0 aliphatic heterocycles. The van der Waals surface area contributed by atoms with Crippen molar-refractivity contribution < 1.29 is 9.53 Å². The molecule has 0 aromatic heterocycles. The van der Waals surface area contributed by atoms with Gasteiger partial charge in [-0.15, -0.1) is 0 Å². The molecular weight excluding hydrogens is 190 g/mol. The van der Waals surface area contributed by atoms with Gasteiger partial charge in [-0.2, -0.15) is 0 Å². The Balaban J connectivity index is 2.20. The summed E-state index contributed by atoms with van der Waals surface area (Å²) in [6, 6.07) is 0. The summed E-state index contributed by atoms with van der Waals surface area (Å²) in [5.74, 6) is 0.823. The maximum Gasteiger partial charge on any atom is 0.306 e. The molecule has 1 rings (SSSR count). The van der Waals surface area contributed by atoms with Crippen molar-refractivity contribution in [2.75, 3.05) is 6.54 Å². The molecule has 0 heterocycles.